The highest BCUT2D eigenvalue weighted by Gasteiger charge is 2.61. The minimum atomic E-state index is -0.456. The Morgan fingerprint density at radius 3 is 2.63 bits per heavy atom. The number of aliphatic imine (C=N–C) groups is 1. The van der Waals surface area contributed by atoms with Crippen LogP contribution in [0.3, 0.4) is 0 Å². The maximum atomic E-state index is 5.87. The number of epoxide rings is 1. The van der Waals surface area contributed by atoms with Crippen molar-refractivity contribution in [3.05, 3.63) is 29.8 Å². The van der Waals surface area contributed by atoms with Crippen LogP contribution >= 0.6 is 0 Å². The van der Waals surface area contributed by atoms with Crippen molar-refractivity contribution < 1.29 is 14.2 Å². The van der Waals surface area contributed by atoms with Crippen LogP contribution in [0.25, 0.3) is 0 Å². The van der Waals surface area contributed by atoms with Crippen LogP contribution in [0.5, 0.6) is 5.75 Å². The van der Waals surface area contributed by atoms with Crippen molar-refractivity contribution in [2.75, 3.05) is 13.7 Å². The summed E-state index contributed by atoms with van der Waals surface area (Å²) in [6, 6.07) is 7.91. The molecular weight excluding hydrogens is 242 g/mol. The SMILES string of the molecule is COc1ccccc1[C@H]1O[C@@]1(C)C1=NC(C)(C)CO1. The highest BCUT2D eigenvalue weighted by atomic mass is 16.6. The first-order valence-electron chi connectivity index (χ1n) is 6.50. The standard InChI is InChI=1S/C15H19NO3/c1-14(2)9-18-13(16-14)15(3)12(19-15)10-7-5-6-8-11(10)17-4/h5-8,12H,9H2,1-4H3/t12-,15-/m1/s1. The Morgan fingerprint density at radius 1 is 1.26 bits per heavy atom. The third-order valence-electron chi connectivity index (χ3n) is 3.62. The smallest absolute Gasteiger partial charge is 0.220 e. The van der Waals surface area contributed by atoms with E-state index in [9.17, 15) is 0 Å². The molecule has 1 aromatic carbocycles. The van der Waals surface area contributed by atoms with Crippen molar-refractivity contribution in [1.29, 1.82) is 0 Å². The van der Waals surface area contributed by atoms with Crippen LogP contribution < -0.4 is 4.74 Å². The van der Waals surface area contributed by atoms with Gasteiger partial charge in [0.2, 0.25) is 5.90 Å². The monoisotopic (exact) mass is 261 g/mol. The van der Waals surface area contributed by atoms with E-state index in [1.807, 2.05) is 31.2 Å². The number of ether oxygens (including phenoxy) is 3. The minimum absolute atomic E-state index is 0.0451. The zero-order valence-corrected chi connectivity index (χ0v) is 11.8. The van der Waals surface area contributed by atoms with Crippen LogP contribution in [0.1, 0.15) is 32.4 Å². The Balaban J connectivity index is 1.88. The summed E-state index contributed by atoms with van der Waals surface area (Å²) < 4.78 is 17.0. The average molecular weight is 261 g/mol. The number of rotatable bonds is 3. The van der Waals surface area contributed by atoms with Crippen LogP contribution in [-0.2, 0) is 9.47 Å². The molecule has 0 N–H and O–H groups in total. The van der Waals surface area contributed by atoms with E-state index < -0.39 is 5.60 Å². The zero-order chi connectivity index (χ0) is 13.7. The van der Waals surface area contributed by atoms with Crippen molar-refractivity contribution >= 4 is 5.90 Å². The maximum absolute atomic E-state index is 5.87. The van der Waals surface area contributed by atoms with Gasteiger partial charge < -0.3 is 14.2 Å². The van der Waals surface area contributed by atoms with Gasteiger partial charge in [-0.3, -0.25) is 0 Å². The topological polar surface area (TPSA) is 43.3 Å². The molecule has 2 aliphatic rings. The van der Waals surface area contributed by atoms with Crippen LogP contribution in [0.4, 0.5) is 0 Å². The number of benzene rings is 1. The van der Waals surface area contributed by atoms with Gasteiger partial charge in [-0.2, -0.15) is 0 Å². The molecule has 0 amide bonds. The summed E-state index contributed by atoms with van der Waals surface area (Å²) in [7, 11) is 1.67. The summed E-state index contributed by atoms with van der Waals surface area (Å²) in [5.41, 5.74) is 0.432. The first kappa shape index (κ1) is 12.5. The molecule has 0 bridgehead atoms. The lowest BCUT2D eigenvalue weighted by Gasteiger charge is -2.08. The molecule has 0 aliphatic carbocycles. The zero-order valence-electron chi connectivity index (χ0n) is 11.8. The predicted molar refractivity (Wildman–Crippen MR) is 72.7 cm³/mol. The Labute approximate surface area is 113 Å². The summed E-state index contributed by atoms with van der Waals surface area (Å²) in [4.78, 5) is 4.61. The maximum Gasteiger partial charge on any atom is 0.220 e. The molecule has 0 unspecified atom stereocenters. The molecule has 102 valence electrons. The van der Waals surface area contributed by atoms with Gasteiger partial charge in [-0.05, 0) is 26.8 Å². The van der Waals surface area contributed by atoms with Crippen molar-refractivity contribution in [3.8, 4) is 5.75 Å². The normalized spacial score (nSPS) is 31.6. The van der Waals surface area contributed by atoms with Gasteiger partial charge in [-0.15, -0.1) is 0 Å². The second-order valence-corrected chi connectivity index (χ2v) is 5.86. The molecule has 0 spiro atoms. The predicted octanol–water partition coefficient (Wildman–Crippen LogP) is 2.73. The van der Waals surface area contributed by atoms with Gasteiger partial charge in [0.1, 0.15) is 18.5 Å². The van der Waals surface area contributed by atoms with Crippen molar-refractivity contribution in [3.63, 3.8) is 0 Å². The molecule has 4 heteroatoms. The van der Waals surface area contributed by atoms with Gasteiger partial charge in [-0.25, -0.2) is 4.99 Å². The Bertz CT molecular complexity index is 538. The molecule has 2 atom stereocenters. The van der Waals surface area contributed by atoms with Crippen LogP contribution in [-0.4, -0.2) is 30.8 Å². The first-order valence-corrected chi connectivity index (χ1v) is 6.50. The lowest BCUT2D eigenvalue weighted by atomic mass is 10.00. The van der Waals surface area contributed by atoms with E-state index in [0.29, 0.717) is 12.5 Å². The highest BCUT2D eigenvalue weighted by molar-refractivity contribution is 5.90. The Kier molecular flexibility index (Phi) is 2.61. The molecule has 4 nitrogen and oxygen atoms in total. The van der Waals surface area contributed by atoms with Gasteiger partial charge in [0.15, 0.2) is 5.60 Å². The molecule has 3 rings (SSSR count). The molecule has 0 saturated carbocycles. The van der Waals surface area contributed by atoms with E-state index in [2.05, 4.69) is 18.8 Å². The van der Waals surface area contributed by atoms with E-state index in [1.165, 1.54) is 0 Å². The Hall–Kier alpha value is -1.55. The third kappa shape index (κ3) is 2.00. The van der Waals surface area contributed by atoms with Crippen molar-refractivity contribution in [2.45, 2.75) is 38.0 Å². The molecule has 19 heavy (non-hydrogen) atoms. The van der Waals surface area contributed by atoms with Crippen molar-refractivity contribution in [1.82, 2.24) is 0 Å². The fourth-order valence-corrected chi connectivity index (χ4v) is 2.46. The van der Waals surface area contributed by atoms with Gasteiger partial charge in [0.05, 0.1) is 12.6 Å². The molecule has 1 saturated heterocycles. The summed E-state index contributed by atoms with van der Waals surface area (Å²) in [5, 5.41) is 0. The first-order chi connectivity index (χ1) is 8.96. The molecule has 1 fully saturated rings. The lowest BCUT2D eigenvalue weighted by Crippen LogP contribution is -2.21. The highest BCUT2D eigenvalue weighted by Crippen LogP contribution is 2.53. The minimum Gasteiger partial charge on any atom is -0.496 e. The molecule has 1 aromatic rings. The summed E-state index contributed by atoms with van der Waals surface area (Å²) in [6.07, 6.45) is -0.0451. The fraction of sp³-hybridized carbons (Fsp3) is 0.533. The van der Waals surface area contributed by atoms with E-state index in [1.54, 1.807) is 7.11 Å². The van der Waals surface area contributed by atoms with Crippen LogP contribution in [0.2, 0.25) is 0 Å². The number of hydrogen-bond acceptors (Lipinski definition) is 4. The number of nitrogens with zero attached hydrogens (tertiary/aromatic N) is 1. The van der Waals surface area contributed by atoms with E-state index in [0.717, 1.165) is 11.3 Å². The van der Waals surface area contributed by atoms with Gasteiger partial charge >= 0.3 is 0 Å². The van der Waals surface area contributed by atoms with E-state index in [4.69, 9.17) is 14.2 Å². The second kappa shape index (κ2) is 3.97. The number of hydrogen-bond donors (Lipinski definition) is 0. The van der Waals surface area contributed by atoms with Crippen molar-refractivity contribution in [2.24, 2.45) is 4.99 Å². The second-order valence-electron chi connectivity index (χ2n) is 5.86. The largest absolute Gasteiger partial charge is 0.496 e. The van der Waals surface area contributed by atoms with Crippen LogP contribution in [0.15, 0.2) is 29.3 Å². The fourth-order valence-electron chi connectivity index (χ4n) is 2.46. The van der Waals surface area contributed by atoms with E-state index >= 15 is 0 Å². The molecule has 2 aliphatic heterocycles. The number of para-hydroxylation sites is 1. The lowest BCUT2D eigenvalue weighted by molar-refractivity contribution is 0.251. The number of methoxy groups -OCH3 is 1. The Morgan fingerprint density at radius 2 is 2.00 bits per heavy atom. The molecule has 0 radical (unpaired) electrons. The van der Waals surface area contributed by atoms with Gasteiger partial charge in [-0.1, -0.05) is 18.2 Å². The van der Waals surface area contributed by atoms with Crippen LogP contribution in [0, 0.1) is 0 Å². The van der Waals surface area contributed by atoms with Gasteiger partial charge in [0, 0.05) is 5.56 Å². The third-order valence-corrected chi connectivity index (χ3v) is 3.62. The summed E-state index contributed by atoms with van der Waals surface area (Å²) in [5.74, 6) is 1.54. The van der Waals surface area contributed by atoms with E-state index in [-0.39, 0.29) is 11.6 Å². The van der Waals surface area contributed by atoms with Gasteiger partial charge in [0.25, 0.3) is 0 Å². The summed E-state index contributed by atoms with van der Waals surface area (Å²) >= 11 is 0. The molecule has 0 aromatic heterocycles. The quantitative estimate of drug-likeness (QED) is 0.786. The molecular formula is C15H19NO3. The average Bonchev–Trinajstić information content (AvgIpc) is 2.94. The molecule has 2 heterocycles. The summed E-state index contributed by atoms with van der Waals surface area (Å²) in [6.45, 7) is 6.75.